The number of anilines is 1. The van der Waals surface area contributed by atoms with E-state index < -0.39 is 24.0 Å². The van der Waals surface area contributed by atoms with Crippen molar-refractivity contribution < 1.29 is 23.8 Å². The molecular weight excluding hydrogens is 407 g/mol. The van der Waals surface area contributed by atoms with E-state index in [0.29, 0.717) is 11.3 Å². The van der Waals surface area contributed by atoms with E-state index >= 15 is 0 Å². The molecule has 1 aromatic heterocycles. The van der Waals surface area contributed by atoms with Crippen molar-refractivity contribution in [3.05, 3.63) is 53.8 Å². The first kappa shape index (κ1) is 21.8. The summed E-state index contributed by atoms with van der Waals surface area (Å²) in [6.07, 6.45) is 0.196. The van der Waals surface area contributed by atoms with Gasteiger partial charge >= 0.3 is 5.97 Å². The monoisotopic (exact) mass is 428 g/mol. The van der Waals surface area contributed by atoms with Crippen LogP contribution in [0.25, 0.3) is 11.1 Å². The fourth-order valence-electron chi connectivity index (χ4n) is 2.97. The highest BCUT2D eigenvalue weighted by atomic mass is 19.1. The van der Waals surface area contributed by atoms with Crippen LogP contribution in [0.15, 0.2) is 42.5 Å². The molecule has 0 saturated carbocycles. The first-order chi connectivity index (χ1) is 14.9. The molecule has 1 amide bonds. The molecule has 4 N–H and O–H groups in total. The molecule has 2 aromatic carbocycles. The third-order valence-electron chi connectivity index (χ3n) is 4.58. The maximum Gasteiger partial charge on any atom is 0.320 e. The smallest absolute Gasteiger partial charge is 0.320 e. The number of carbonyl (C=O) groups excluding carboxylic acids is 1. The third-order valence-corrected chi connectivity index (χ3v) is 4.58. The van der Waals surface area contributed by atoms with Crippen molar-refractivity contribution >= 4 is 17.8 Å². The number of hydrogen-bond donors (Lipinski definition) is 4. The first-order valence-electron chi connectivity index (χ1n) is 9.33. The van der Waals surface area contributed by atoms with Crippen molar-refractivity contribution in [1.82, 2.24) is 25.9 Å². The highest BCUT2D eigenvalue weighted by Crippen LogP contribution is 2.30. The van der Waals surface area contributed by atoms with Gasteiger partial charge in [-0.2, -0.15) is 5.21 Å². The lowest BCUT2D eigenvalue weighted by Crippen LogP contribution is -2.49. The van der Waals surface area contributed by atoms with Crippen molar-refractivity contribution in [3.8, 4) is 16.9 Å². The Morgan fingerprint density at radius 3 is 2.58 bits per heavy atom. The van der Waals surface area contributed by atoms with Gasteiger partial charge in [0.2, 0.25) is 5.91 Å². The minimum Gasteiger partial charge on any atom is -0.496 e. The van der Waals surface area contributed by atoms with E-state index in [9.17, 15) is 19.1 Å². The van der Waals surface area contributed by atoms with Gasteiger partial charge in [-0.1, -0.05) is 29.4 Å². The summed E-state index contributed by atoms with van der Waals surface area (Å²) in [6, 6.07) is 9.53. The quantitative estimate of drug-likeness (QED) is 0.403. The fraction of sp³-hybridized carbons (Fsp3) is 0.250. The lowest BCUT2D eigenvalue weighted by atomic mass is 9.99. The summed E-state index contributed by atoms with van der Waals surface area (Å²) >= 11 is 0. The molecule has 11 heteroatoms. The molecule has 0 spiro atoms. The van der Waals surface area contributed by atoms with Crippen molar-refractivity contribution in [3.63, 3.8) is 0 Å². The molecule has 0 aliphatic rings. The molecule has 10 nitrogen and oxygen atoms in total. The van der Waals surface area contributed by atoms with E-state index in [2.05, 4.69) is 31.3 Å². The van der Waals surface area contributed by atoms with Crippen molar-refractivity contribution in [2.45, 2.75) is 25.4 Å². The average molecular weight is 428 g/mol. The number of benzene rings is 2. The van der Waals surface area contributed by atoms with Gasteiger partial charge in [0.05, 0.1) is 13.2 Å². The molecule has 3 aromatic rings. The van der Waals surface area contributed by atoms with Gasteiger partial charge in [0.25, 0.3) is 5.95 Å². The van der Waals surface area contributed by atoms with E-state index in [1.165, 1.54) is 26.2 Å². The Kier molecular flexibility index (Phi) is 6.88. The zero-order valence-corrected chi connectivity index (χ0v) is 16.8. The Bertz CT molecular complexity index is 1040. The van der Waals surface area contributed by atoms with Gasteiger partial charge in [-0.15, -0.1) is 5.10 Å². The van der Waals surface area contributed by atoms with E-state index in [1.54, 1.807) is 30.3 Å². The fourth-order valence-corrected chi connectivity index (χ4v) is 2.97. The van der Waals surface area contributed by atoms with Crippen molar-refractivity contribution in [2.24, 2.45) is 0 Å². The molecule has 2 atom stereocenters. The number of ether oxygens (including phenoxy) is 1. The molecule has 0 aliphatic carbocycles. The lowest BCUT2D eigenvalue weighted by Gasteiger charge is -2.20. The second-order valence-electron chi connectivity index (χ2n) is 6.75. The van der Waals surface area contributed by atoms with Crippen LogP contribution in [0.2, 0.25) is 0 Å². The normalized spacial score (nSPS) is 12.7. The van der Waals surface area contributed by atoms with Crippen LogP contribution >= 0.6 is 0 Å². The third kappa shape index (κ3) is 5.60. The summed E-state index contributed by atoms with van der Waals surface area (Å²) in [5.74, 6) is -1.47. The highest BCUT2D eigenvalue weighted by molar-refractivity contribution is 5.94. The number of carbonyl (C=O) groups is 2. The summed E-state index contributed by atoms with van der Waals surface area (Å²) in [4.78, 5) is 23.9. The number of rotatable bonds is 9. The average Bonchev–Trinajstić information content (AvgIpc) is 3.26. The number of aliphatic carboxylic acids is 1. The number of hydrogen-bond acceptors (Lipinski definition) is 7. The number of carboxylic acid groups (broad SMARTS) is 1. The lowest BCUT2D eigenvalue weighted by molar-refractivity contribution is -0.139. The number of aromatic nitrogens is 4. The van der Waals surface area contributed by atoms with Crippen LogP contribution in [0.5, 0.6) is 5.75 Å². The Balaban J connectivity index is 1.79. The highest BCUT2D eigenvalue weighted by Gasteiger charge is 2.24. The Morgan fingerprint density at radius 1 is 1.23 bits per heavy atom. The summed E-state index contributed by atoms with van der Waals surface area (Å²) in [5.41, 5.74) is 2.09. The zero-order chi connectivity index (χ0) is 22.4. The van der Waals surface area contributed by atoms with Crippen LogP contribution in [0.3, 0.4) is 0 Å². The first-order valence-corrected chi connectivity index (χ1v) is 9.33. The minimum absolute atomic E-state index is 0.0201. The van der Waals surface area contributed by atoms with E-state index in [0.717, 1.165) is 11.1 Å². The molecular formula is C20H21FN6O4. The molecule has 31 heavy (non-hydrogen) atoms. The van der Waals surface area contributed by atoms with Crippen LogP contribution < -0.4 is 15.4 Å². The number of nitrogens with zero attached hydrogens (tertiary/aromatic N) is 3. The number of H-pyrrole nitrogens is 1. The largest absolute Gasteiger partial charge is 0.496 e. The standard InChI is InChI=1S/C20H21FN6O4/c1-11(19(29)30)22-16(18(28)23-20-24-26-27-25-20)9-12-3-5-13(6-4-12)15-10-14(21)7-8-17(15)31-2/h3-8,10-11,16,22H,9H2,1-2H3,(H,29,30)(H2,23,24,25,26,27,28)/t11?,16-/m0/s1. The second kappa shape index (κ2) is 9.76. The predicted molar refractivity (Wildman–Crippen MR) is 109 cm³/mol. The Labute approximate surface area is 176 Å². The van der Waals surface area contributed by atoms with Crippen LogP contribution in [0.1, 0.15) is 12.5 Å². The predicted octanol–water partition coefficient (Wildman–Crippen LogP) is 1.63. The Morgan fingerprint density at radius 2 is 1.97 bits per heavy atom. The van der Waals surface area contributed by atoms with Crippen LogP contribution in [-0.4, -0.2) is 56.8 Å². The van der Waals surface area contributed by atoms with E-state index in [-0.39, 0.29) is 18.2 Å². The maximum absolute atomic E-state index is 13.7. The minimum atomic E-state index is -1.09. The van der Waals surface area contributed by atoms with Crippen molar-refractivity contribution in [2.75, 3.05) is 12.4 Å². The van der Waals surface area contributed by atoms with Gasteiger partial charge in [-0.05, 0) is 47.9 Å². The number of nitrogens with one attached hydrogen (secondary N) is 3. The SMILES string of the molecule is COc1ccc(F)cc1-c1ccc(C[C@H](NC(C)C(=O)O)C(=O)Nc2nn[nH]n2)cc1. The molecule has 1 heterocycles. The number of carboxylic acids is 1. The number of amides is 1. The van der Waals surface area contributed by atoms with Gasteiger partial charge in [0.1, 0.15) is 17.6 Å². The molecule has 1 unspecified atom stereocenters. The topological polar surface area (TPSA) is 142 Å². The molecule has 0 aliphatic heterocycles. The Hall–Kier alpha value is -3.86. The van der Waals surface area contributed by atoms with Gasteiger partial charge < -0.3 is 9.84 Å². The van der Waals surface area contributed by atoms with Crippen LogP contribution in [-0.2, 0) is 16.0 Å². The van der Waals surface area contributed by atoms with Crippen LogP contribution in [0, 0.1) is 5.82 Å². The maximum atomic E-state index is 13.7. The van der Waals surface area contributed by atoms with E-state index in [1.807, 2.05) is 0 Å². The molecule has 3 rings (SSSR count). The summed E-state index contributed by atoms with van der Waals surface area (Å²) < 4.78 is 19.0. The van der Waals surface area contributed by atoms with Gasteiger partial charge in [0.15, 0.2) is 0 Å². The molecule has 162 valence electrons. The van der Waals surface area contributed by atoms with Crippen LogP contribution in [0.4, 0.5) is 10.3 Å². The number of tetrazole rings is 1. The number of aromatic amines is 1. The van der Waals surface area contributed by atoms with Crippen molar-refractivity contribution in [1.29, 1.82) is 0 Å². The second-order valence-corrected chi connectivity index (χ2v) is 6.75. The van der Waals surface area contributed by atoms with Gasteiger partial charge in [0, 0.05) is 5.56 Å². The number of halogens is 1. The zero-order valence-electron chi connectivity index (χ0n) is 16.8. The number of methoxy groups -OCH3 is 1. The summed E-state index contributed by atoms with van der Waals surface area (Å²) in [6.45, 7) is 1.44. The molecule has 0 bridgehead atoms. The van der Waals surface area contributed by atoms with Gasteiger partial charge in [-0.25, -0.2) is 4.39 Å². The summed E-state index contributed by atoms with van der Waals surface area (Å²) in [5, 5.41) is 27.4. The van der Waals surface area contributed by atoms with E-state index in [4.69, 9.17) is 4.74 Å². The van der Waals surface area contributed by atoms with Gasteiger partial charge in [-0.3, -0.25) is 20.2 Å². The molecule has 0 radical (unpaired) electrons. The summed E-state index contributed by atoms with van der Waals surface area (Å²) in [7, 11) is 1.51. The molecule has 0 fully saturated rings. The molecule has 0 saturated heterocycles.